The van der Waals surface area contributed by atoms with E-state index < -0.39 is 6.10 Å². The van der Waals surface area contributed by atoms with E-state index in [9.17, 15) is 14.3 Å². The van der Waals surface area contributed by atoms with Gasteiger partial charge in [-0.15, -0.1) is 0 Å². The van der Waals surface area contributed by atoms with Gasteiger partial charge >= 0.3 is 0 Å². The number of hydrogen-bond donors (Lipinski definition) is 2. The van der Waals surface area contributed by atoms with Gasteiger partial charge in [0, 0.05) is 6.54 Å². The number of carbonyl (C=O) groups is 1. The highest BCUT2D eigenvalue weighted by molar-refractivity contribution is 5.97. The maximum atomic E-state index is 12.8. The lowest BCUT2D eigenvalue weighted by Gasteiger charge is -2.21. The third kappa shape index (κ3) is 4.39. The number of hydrogen-bond acceptors (Lipinski definition) is 5. The molecule has 0 bridgehead atoms. The number of carbonyl (C=O) groups excluding carboxylic acids is 1. The number of aliphatic hydroxyl groups is 1. The van der Waals surface area contributed by atoms with Crippen LogP contribution in [0.25, 0.3) is 0 Å². The molecule has 1 aliphatic rings. The van der Waals surface area contributed by atoms with E-state index in [0.29, 0.717) is 36.0 Å². The second-order valence-corrected chi connectivity index (χ2v) is 5.46. The molecule has 0 fully saturated rings. The molecule has 2 N–H and O–H groups in total. The molecule has 0 saturated carbocycles. The van der Waals surface area contributed by atoms with E-state index in [1.807, 2.05) is 0 Å². The van der Waals surface area contributed by atoms with E-state index in [0.717, 1.165) is 0 Å². The van der Waals surface area contributed by atoms with Gasteiger partial charge in [-0.2, -0.15) is 0 Å². The lowest BCUT2D eigenvalue weighted by molar-refractivity contribution is 0.0836. The van der Waals surface area contributed by atoms with Crippen LogP contribution in [0.1, 0.15) is 10.4 Å². The van der Waals surface area contributed by atoms with Gasteiger partial charge in [-0.3, -0.25) is 4.79 Å². The molecule has 2 aromatic carbocycles. The molecule has 0 radical (unpaired) electrons. The second-order valence-electron chi connectivity index (χ2n) is 5.46. The fourth-order valence-electron chi connectivity index (χ4n) is 2.34. The Hall–Kier alpha value is -2.80. The summed E-state index contributed by atoms with van der Waals surface area (Å²) >= 11 is 0. The van der Waals surface area contributed by atoms with Crippen LogP contribution in [0.5, 0.6) is 17.2 Å². The van der Waals surface area contributed by atoms with Gasteiger partial charge in [0.1, 0.15) is 37.5 Å². The number of halogens is 1. The Balaban J connectivity index is 1.51. The molecule has 1 unspecified atom stereocenters. The van der Waals surface area contributed by atoms with E-state index in [4.69, 9.17) is 14.2 Å². The van der Waals surface area contributed by atoms with Gasteiger partial charge in [0.25, 0.3) is 5.91 Å². The second kappa shape index (κ2) is 7.85. The Labute approximate surface area is 144 Å². The Morgan fingerprint density at radius 3 is 2.76 bits per heavy atom. The van der Waals surface area contributed by atoms with Gasteiger partial charge in [-0.05, 0) is 36.4 Å². The predicted molar refractivity (Wildman–Crippen MR) is 87.7 cm³/mol. The maximum Gasteiger partial charge on any atom is 0.255 e. The molecule has 6 nitrogen and oxygen atoms in total. The highest BCUT2D eigenvalue weighted by Gasteiger charge is 2.20. The van der Waals surface area contributed by atoms with Gasteiger partial charge in [-0.1, -0.05) is 6.07 Å². The van der Waals surface area contributed by atoms with E-state index in [2.05, 4.69) is 5.32 Å². The summed E-state index contributed by atoms with van der Waals surface area (Å²) < 4.78 is 29.1. The average Bonchev–Trinajstić information content (AvgIpc) is 2.65. The third-order valence-corrected chi connectivity index (χ3v) is 3.57. The van der Waals surface area contributed by atoms with Gasteiger partial charge in [0.15, 0.2) is 11.5 Å². The smallest absolute Gasteiger partial charge is 0.255 e. The molecule has 0 saturated heterocycles. The summed E-state index contributed by atoms with van der Waals surface area (Å²) in [4.78, 5) is 12.3. The number of ether oxygens (including phenoxy) is 3. The summed E-state index contributed by atoms with van der Waals surface area (Å²) in [5.74, 6) is 0.637. The van der Waals surface area contributed by atoms with Crippen LogP contribution in [-0.4, -0.2) is 43.5 Å². The first-order valence-corrected chi connectivity index (χ1v) is 7.87. The zero-order chi connectivity index (χ0) is 17.6. The molecule has 0 spiro atoms. The van der Waals surface area contributed by atoms with Crippen molar-refractivity contribution in [3.05, 3.63) is 53.8 Å². The van der Waals surface area contributed by atoms with Crippen molar-refractivity contribution in [1.29, 1.82) is 0 Å². The highest BCUT2D eigenvalue weighted by atomic mass is 19.1. The molecule has 7 heteroatoms. The molecule has 0 aromatic heterocycles. The zero-order valence-electron chi connectivity index (χ0n) is 13.4. The molecule has 3 rings (SSSR count). The molecule has 1 atom stereocenters. The van der Waals surface area contributed by atoms with Crippen LogP contribution in [0.3, 0.4) is 0 Å². The Morgan fingerprint density at radius 1 is 1.20 bits per heavy atom. The van der Waals surface area contributed by atoms with Crippen LogP contribution < -0.4 is 19.5 Å². The van der Waals surface area contributed by atoms with Crippen molar-refractivity contribution in [2.24, 2.45) is 0 Å². The molecule has 2 aromatic rings. The highest BCUT2D eigenvalue weighted by Crippen LogP contribution is 2.33. The van der Waals surface area contributed by atoms with Crippen LogP contribution in [0, 0.1) is 5.82 Å². The summed E-state index contributed by atoms with van der Waals surface area (Å²) in [6, 6.07) is 10.5. The van der Waals surface area contributed by atoms with Crippen molar-refractivity contribution in [2.45, 2.75) is 6.10 Å². The molecule has 25 heavy (non-hydrogen) atoms. The summed E-state index contributed by atoms with van der Waals surface area (Å²) in [7, 11) is 0. The minimum Gasteiger partial charge on any atom is -0.491 e. The largest absolute Gasteiger partial charge is 0.491 e. The number of benzene rings is 2. The predicted octanol–water partition coefficient (Wildman–Crippen LogP) is 1.77. The first-order chi connectivity index (χ1) is 12.1. The van der Waals surface area contributed by atoms with E-state index in [1.165, 1.54) is 24.3 Å². The average molecular weight is 347 g/mol. The number of nitrogens with one attached hydrogen (secondary N) is 1. The minimum atomic E-state index is -0.911. The Morgan fingerprint density at radius 2 is 1.96 bits per heavy atom. The zero-order valence-corrected chi connectivity index (χ0v) is 13.4. The van der Waals surface area contributed by atoms with Gasteiger partial charge in [0.2, 0.25) is 0 Å². The van der Waals surface area contributed by atoms with E-state index in [-0.39, 0.29) is 24.9 Å². The first kappa shape index (κ1) is 17.0. The topological polar surface area (TPSA) is 77.0 Å². The lowest BCUT2D eigenvalue weighted by Crippen LogP contribution is -2.35. The fourth-order valence-corrected chi connectivity index (χ4v) is 2.34. The summed E-state index contributed by atoms with van der Waals surface area (Å²) in [5, 5.41) is 12.6. The van der Waals surface area contributed by atoms with E-state index >= 15 is 0 Å². The summed E-state index contributed by atoms with van der Waals surface area (Å²) in [6.45, 7) is 0.798. The SMILES string of the molecule is O=C(NCC(O)COc1ccc(F)cc1)c1cccc2c1OCCO2. The first-order valence-electron chi connectivity index (χ1n) is 7.87. The van der Waals surface area contributed by atoms with Gasteiger partial charge < -0.3 is 24.6 Å². The normalized spacial score (nSPS) is 13.8. The molecule has 1 amide bonds. The monoisotopic (exact) mass is 347 g/mol. The van der Waals surface area contributed by atoms with Crippen molar-refractivity contribution in [3.63, 3.8) is 0 Å². The van der Waals surface area contributed by atoms with Crippen molar-refractivity contribution in [2.75, 3.05) is 26.4 Å². The number of para-hydroxylation sites is 1. The van der Waals surface area contributed by atoms with Crippen LogP contribution in [-0.2, 0) is 0 Å². The van der Waals surface area contributed by atoms with Crippen LogP contribution in [0.2, 0.25) is 0 Å². The van der Waals surface area contributed by atoms with Crippen molar-refractivity contribution in [3.8, 4) is 17.2 Å². The molecular formula is C18H18FNO5. The Kier molecular flexibility index (Phi) is 5.35. The lowest BCUT2D eigenvalue weighted by atomic mass is 10.1. The maximum absolute atomic E-state index is 12.8. The fraction of sp³-hybridized carbons (Fsp3) is 0.278. The molecule has 0 aliphatic carbocycles. The van der Waals surface area contributed by atoms with E-state index in [1.54, 1.807) is 18.2 Å². The Bertz CT molecular complexity index is 735. The standard InChI is InChI=1S/C18H18FNO5/c19-12-4-6-14(7-5-12)25-11-13(21)10-20-18(22)15-2-1-3-16-17(15)24-9-8-23-16/h1-7,13,21H,8-11H2,(H,20,22). The van der Waals surface area contributed by atoms with Crippen molar-refractivity contribution >= 4 is 5.91 Å². The minimum absolute atomic E-state index is 0.00452. The van der Waals surface area contributed by atoms with Crippen LogP contribution >= 0.6 is 0 Å². The molecule has 1 aliphatic heterocycles. The number of rotatable bonds is 6. The number of fused-ring (bicyclic) bond motifs is 1. The van der Waals surface area contributed by atoms with Crippen LogP contribution in [0.4, 0.5) is 4.39 Å². The van der Waals surface area contributed by atoms with Crippen LogP contribution in [0.15, 0.2) is 42.5 Å². The van der Waals surface area contributed by atoms with Gasteiger partial charge in [-0.25, -0.2) is 4.39 Å². The summed E-state index contributed by atoms with van der Waals surface area (Å²) in [5.41, 5.74) is 0.351. The third-order valence-electron chi connectivity index (χ3n) is 3.57. The molecule has 1 heterocycles. The number of amides is 1. The summed E-state index contributed by atoms with van der Waals surface area (Å²) in [6.07, 6.45) is -0.911. The number of aliphatic hydroxyl groups excluding tert-OH is 1. The van der Waals surface area contributed by atoms with Gasteiger partial charge in [0.05, 0.1) is 5.56 Å². The molecule has 132 valence electrons. The molecular weight excluding hydrogens is 329 g/mol. The quantitative estimate of drug-likeness (QED) is 0.833. The van der Waals surface area contributed by atoms with Crippen molar-refractivity contribution < 1.29 is 28.5 Å². The van der Waals surface area contributed by atoms with Crippen molar-refractivity contribution in [1.82, 2.24) is 5.32 Å².